The summed E-state index contributed by atoms with van der Waals surface area (Å²) in [6.45, 7) is 0.519. The van der Waals surface area contributed by atoms with Gasteiger partial charge in [-0.05, 0) is 35.9 Å². The van der Waals surface area contributed by atoms with E-state index in [1.54, 1.807) is 26.4 Å². The Morgan fingerprint density at radius 1 is 1.21 bits per heavy atom. The quantitative estimate of drug-likeness (QED) is 0.800. The van der Waals surface area contributed by atoms with Crippen molar-refractivity contribution < 1.29 is 23.5 Å². The molecule has 2 aromatic carbocycles. The molecule has 1 atom stereocenters. The third-order valence-electron chi connectivity index (χ3n) is 4.63. The van der Waals surface area contributed by atoms with E-state index < -0.39 is 11.7 Å². The van der Waals surface area contributed by atoms with E-state index >= 15 is 0 Å². The molecule has 1 aliphatic rings. The number of rotatable bonds is 6. The second-order valence-electron chi connectivity index (χ2n) is 6.41. The number of benzene rings is 2. The minimum atomic E-state index is -0.554. The molecule has 2 amide bonds. The van der Waals surface area contributed by atoms with Crippen LogP contribution >= 0.6 is 11.6 Å². The van der Waals surface area contributed by atoms with Crippen molar-refractivity contribution in [3.8, 4) is 11.5 Å². The second-order valence-corrected chi connectivity index (χ2v) is 6.82. The summed E-state index contributed by atoms with van der Waals surface area (Å²) in [5.41, 5.74) is 1.32. The summed E-state index contributed by atoms with van der Waals surface area (Å²) in [4.78, 5) is 26.3. The van der Waals surface area contributed by atoms with Crippen molar-refractivity contribution in [3.63, 3.8) is 0 Å². The molecular weight excluding hydrogens is 387 g/mol. The molecule has 0 spiro atoms. The van der Waals surface area contributed by atoms with Crippen molar-refractivity contribution in [1.29, 1.82) is 0 Å². The van der Waals surface area contributed by atoms with E-state index in [1.807, 2.05) is 6.07 Å². The standard InChI is InChI=1S/C20H20ClFN2O4/c1-27-17-6-3-12(7-18(17)28-2)10-23-20(26)13-8-19(25)24(11-13)14-4-5-16(22)15(21)9-14/h3-7,9,13H,8,10-11H2,1-2H3,(H,23,26)/t13-/m0/s1. The molecule has 3 rings (SSSR count). The van der Waals surface area contributed by atoms with Crippen LogP contribution in [0.3, 0.4) is 0 Å². The van der Waals surface area contributed by atoms with Crippen molar-refractivity contribution in [2.45, 2.75) is 13.0 Å². The zero-order valence-electron chi connectivity index (χ0n) is 15.5. The number of ether oxygens (including phenoxy) is 2. The summed E-state index contributed by atoms with van der Waals surface area (Å²) in [6.07, 6.45) is 0.0900. The second kappa shape index (κ2) is 8.48. The third kappa shape index (κ3) is 4.20. The lowest BCUT2D eigenvalue weighted by Gasteiger charge is -2.17. The lowest BCUT2D eigenvalue weighted by molar-refractivity contribution is -0.126. The number of halogens is 2. The molecule has 1 N–H and O–H groups in total. The van der Waals surface area contributed by atoms with Crippen molar-refractivity contribution in [3.05, 3.63) is 52.8 Å². The van der Waals surface area contributed by atoms with Gasteiger partial charge in [-0.1, -0.05) is 17.7 Å². The first-order chi connectivity index (χ1) is 13.4. The Kier molecular flexibility index (Phi) is 6.04. The van der Waals surface area contributed by atoms with E-state index in [0.717, 1.165) is 5.56 Å². The average Bonchev–Trinajstić information content (AvgIpc) is 3.09. The zero-order valence-corrected chi connectivity index (χ0v) is 16.3. The summed E-state index contributed by atoms with van der Waals surface area (Å²) in [6, 6.07) is 9.44. The number of hydrogen-bond acceptors (Lipinski definition) is 4. The van der Waals surface area contributed by atoms with Gasteiger partial charge in [0.2, 0.25) is 11.8 Å². The first kappa shape index (κ1) is 19.9. The van der Waals surface area contributed by atoms with Gasteiger partial charge in [-0.3, -0.25) is 9.59 Å². The van der Waals surface area contributed by atoms with Gasteiger partial charge in [0.15, 0.2) is 11.5 Å². The van der Waals surface area contributed by atoms with Gasteiger partial charge in [-0.15, -0.1) is 0 Å². The van der Waals surface area contributed by atoms with Crippen LogP contribution in [0.1, 0.15) is 12.0 Å². The lowest BCUT2D eigenvalue weighted by atomic mass is 10.1. The van der Waals surface area contributed by atoms with Crippen LogP contribution in [0.2, 0.25) is 5.02 Å². The van der Waals surface area contributed by atoms with E-state index in [0.29, 0.717) is 23.7 Å². The number of carbonyl (C=O) groups is 2. The first-order valence-electron chi connectivity index (χ1n) is 8.67. The van der Waals surface area contributed by atoms with Gasteiger partial charge < -0.3 is 19.7 Å². The van der Waals surface area contributed by atoms with Gasteiger partial charge in [-0.25, -0.2) is 4.39 Å². The van der Waals surface area contributed by atoms with Gasteiger partial charge in [0.05, 0.1) is 25.2 Å². The number of anilines is 1. The molecule has 1 heterocycles. The fourth-order valence-corrected chi connectivity index (χ4v) is 3.28. The molecule has 0 radical (unpaired) electrons. The summed E-state index contributed by atoms with van der Waals surface area (Å²) < 4.78 is 23.8. The fraction of sp³-hybridized carbons (Fsp3) is 0.300. The summed E-state index contributed by atoms with van der Waals surface area (Å²) >= 11 is 5.79. The Hall–Kier alpha value is -2.80. The molecule has 1 fully saturated rings. The van der Waals surface area contributed by atoms with Crippen LogP contribution in [0.5, 0.6) is 11.5 Å². The van der Waals surface area contributed by atoms with Crippen molar-refractivity contribution in [1.82, 2.24) is 5.32 Å². The zero-order chi connectivity index (χ0) is 20.3. The van der Waals surface area contributed by atoms with Crippen LogP contribution in [0.15, 0.2) is 36.4 Å². The fourth-order valence-electron chi connectivity index (χ4n) is 3.11. The highest BCUT2D eigenvalue weighted by molar-refractivity contribution is 6.31. The Morgan fingerprint density at radius 3 is 2.64 bits per heavy atom. The van der Waals surface area contributed by atoms with E-state index in [-0.39, 0.29) is 29.8 Å². The van der Waals surface area contributed by atoms with Crippen LogP contribution in [-0.4, -0.2) is 32.6 Å². The number of hydrogen-bond donors (Lipinski definition) is 1. The van der Waals surface area contributed by atoms with Crippen molar-refractivity contribution in [2.24, 2.45) is 5.92 Å². The molecule has 8 heteroatoms. The summed E-state index contributed by atoms with van der Waals surface area (Å²) in [5.74, 6) is -0.289. The van der Waals surface area contributed by atoms with Gasteiger partial charge in [-0.2, -0.15) is 0 Å². The predicted molar refractivity (Wildman–Crippen MR) is 103 cm³/mol. The molecule has 2 aromatic rings. The molecule has 0 unspecified atom stereocenters. The highest BCUT2D eigenvalue weighted by atomic mass is 35.5. The molecule has 1 aliphatic heterocycles. The first-order valence-corrected chi connectivity index (χ1v) is 9.04. The monoisotopic (exact) mass is 406 g/mol. The predicted octanol–water partition coefficient (Wildman–Crippen LogP) is 3.17. The Bertz CT molecular complexity index is 906. The van der Waals surface area contributed by atoms with Crippen LogP contribution in [0, 0.1) is 11.7 Å². The van der Waals surface area contributed by atoms with Crippen LogP contribution in [0.25, 0.3) is 0 Å². The third-order valence-corrected chi connectivity index (χ3v) is 4.92. The van der Waals surface area contributed by atoms with E-state index in [2.05, 4.69) is 5.32 Å². The summed E-state index contributed by atoms with van der Waals surface area (Å²) in [5, 5.41) is 2.78. The molecular formula is C20H20ClFN2O4. The average molecular weight is 407 g/mol. The Balaban J connectivity index is 1.62. The number of carbonyl (C=O) groups excluding carboxylic acids is 2. The highest BCUT2D eigenvalue weighted by Gasteiger charge is 2.35. The van der Waals surface area contributed by atoms with Gasteiger partial charge in [0, 0.05) is 25.2 Å². The Labute approximate surface area is 167 Å². The molecule has 1 saturated heterocycles. The SMILES string of the molecule is COc1ccc(CNC(=O)[C@H]2CC(=O)N(c3ccc(F)c(Cl)c3)C2)cc1OC. The van der Waals surface area contributed by atoms with E-state index in [4.69, 9.17) is 21.1 Å². The molecule has 0 aliphatic carbocycles. The summed E-state index contributed by atoms with van der Waals surface area (Å²) in [7, 11) is 3.09. The van der Waals surface area contributed by atoms with Crippen molar-refractivity contribution in [2.75, 3.05) is 25.7 Å². The molecule has 28 heavy (non-hydrogen) atoms. The maximum absolute atomic E-state index is 13.3. The van der Waals surface area contributed by atoms with Gasteiger partial charge >= 0.3 is 0 Å². The van der Waals surface area contributed by atoms with Crippen LogP contribution < -0.4 is 19.7 Å². The number of nitrogens with one attached hydrogen (secondary N) is 1. The molecule has 148 valence electrons. The minimum absolute atomic E-state index is 0.0633. The maximum atomic E-state index is 13.3. The van der Waals surface area contributed by atoms with Gasteiger partial charge in [0.1, 0.15) is 5.82 Å². The maximum Gasteiger partial charge on any atom is 0.227 e. The Morgan fingerprint density at radius 2 is 1.96 bits per heavy atom. The van der Waals surface area contributed by atoms with E-state index in [9.17, 15) is 14.0 Å². The lowest BCUT2D eigenvalue weighted by Crippen LogP contribution is -2.32. The van der Waals surface area contributed by atoms with Crippen molar-refractivity contribution >= 4 is 29.1 Å². The smallest absolute Gasteiger partial charge is 0.227 e. The van der Waals surface area contributed by atoms with E-state index in [1.165, 1.54) is 23.1 Å². The largest absolute Gasteiger partial charge is 0.493 e. The molecule has 0 bridgehead atoms. The number of amides is 2. The van der Waals surface area contributed by atoms with Crippen LogP contribution in [0.4, 0.5) is 10.1 Å². The number of nitrogens with zero attached hydrogens (tertiary/aromatic N) is 1. The number of methoxy groups -OCH3 is 2. The molecule has 0 aromatic heterocycles. The molecule has 6 nitrogen and oxygen atoms in total. The molecule has 0 saturated carbocycles. The highest BCUT2D eigenvalue weighted by Crippen LogP contribution is 2.29. The minimum Gasteiger partial charge on any atom is -0.493 e. The van der Waals surface area contributed by atoms with Gasteiger partial charge in [0.25, 0.3) is 0 Å². The normalized spacial score (nSPS) is 16.2. The van der Waals surface area contributed by atoms with Crippen LogP contribution in [-0.2, 0) is 16.1 Å². The topological polar surface area (TPSA) is 67.9 Å².